The molecule has 2 heterocycles. The van der Waals surface area contributed by atoms with Crippen molar-refractivity contribution in [2.75, 3.05) is 31.6 Å². The fraction of sp³-hybridized carbons (Fsp3) is 0.348. The predicted molar refractivity (Wildman–Crippen MR) is 114 cm³/mol. The van der Waals surface area contributed by atoms with Gasteiger partial charge in [-0.05, 0) is 53.8 Å². The number of fused-ring (bicyclic) bond motifs is 3. The number of hydrogen-bond acceptors (Lipinski definition) is 3. The van der Waals surface area contributed by atoms with E-state index in [2.05, 4.69) is 69.8 Å². The van der Waals surface area contributed by atoms with E-state index >= 15 is 0 Å². The molecule has 0 radical (unpaired) electrons. The van der Waals surface area contributed by atoms with E-state index in [1.807, 2.05) is 11.0 Å². The molecule has 5 heteroatoms. The van der Waals surface area contributed by atoms with Crippen molar-refractivity contribution < 1.29 is 9.53 Å². The van der Waals surface area contributed by atoms with Crippen LogP contribution in [0.25, 0.3) is 0 Å². The third kappa shape index (κ3) is 3.16. The highest BCUT2D eigenvalue weighted by Gasteiger charge is 2.38. The molecule has 1 saturated heterocycles. The second-order valence-corrected chi connectivity index (χ2v) is 8.65. The maximum Gasteiger partial charge on any atom is 0.254 e. The van der Waals surface area contributed by atoms with Crippen LogP contribution in [0.5, 0.6) is 0 Å². The Bertz CT molecular complexity index is 919. The van der Waals surface area contributed by atoms with Gasteiger partial charge in [-0.1, -0.05) is 40.2 Å². The van der Waals surface area contributed by atoms with Gasteiger partial charge in [0.25, 0.3) is 5.91 Å². The van der Waals surface area contributed by atoms with Gasteiger partial charge in [0.05, 0.1) is 19.3 Å². The molecule has 0 bridgehead atoms. The van der Waals surface area contributed by atoms with E-state index < -0.39 is 0 Å². The number of hydrogen-bond donors (Lipinski definition) is 1. The van der Waals surface area contributed by atoms with Crippen molar-refractivity contribution in [2.24, 2.45) is 5.92 Å². The summed E-state index contributed by atoms with van der Waals surface area (Å²) in [7, 11) is 0. The van der Waals surface area contributed by atoms with Crippen molar-refractivity contribution in [3.63, 3.8) is 0 Å². The van der Waals surface area contributed by atoms with Gasteiger partial charge in [-0.3, -0.25) is 4.79 Å². The molecule has 2 aliphatic heterocycles. The van der Waals surface area contributed by atoms with Crippen LogP contribution in [0.4, 0.5) is 5.69 Å². The molecule has 3 aliphatic rings. The van der Waals surface area contributed by atoms with Crippen molar-refractivity contribution >= 4 is 27.5 Å². The zero-order valence-corrected chi connectivity index (χ0v) is 17.2. The van der Waals surface area contributed by atoms with Gasteiger partial charge in [-0.15, -0.1) is 0 Å². The lowest BCUT2D eigenvalue weighted by Crippen LogP contribution is -2.40. The summed E-state index contributed by atoms with van der Waals surface area (Å²) in [4.78, 5) is 14.8. The van der Waals surface area contributed by atoms with Gasteiger partial charge in [-0.2, -0.15) is 0 Å². The number of halogens is 1. The minimum atomic E-state index is 0.111. The Kier molecular flexibility index (Phi) is 4.73. The molecule has 1 amide bonds. The molecule has 0 spiro atoms. The van der Waals surface area contributed by atoms with E-state index in [4.69, 9.17) is 4.74 Å². The Hall–Kier alpha value is -2.11. The minimum Gasteiger partial charge on any atom is -0.378 e. The highest BCUT2D eigenvalue weighted by molar-refractivity contribution is 9.10. The molecule has 1 aliphatic carbocycles. The molecule has 4 nitrogen and oxygen atoms in total. The Morgan fingerprint density at radius 2 is 1.89 bits per heavy atom. The minimum absolute atomic E-state index is 0.111. The molecule has 0 saturated carbocycles. The standard InChI is InChI=1S/C23H23BrN2O2/c24-17-7-4-15(5-8-17)22-19-3-1-2-18(19)20-14-16(6-9-21(20)25-22)23(27)26-10-12-28-13-11-26/h1-2,4-9,14,18-19,22,25H,3,10-13H2. The van der Waals surface area contributed by atoms with E-state index in [1.165, 1.54) is 11.1 Å². The summed E-state index contributed by atoms with van der Waals surface area (Å²) in [6.45, 7) is 2.60. The second-order valence-electron chi connectivity index (χ2n) is 7.73. The third-order valence-corrected chi connectivity index (χ3v) is 6.67. The van der Waals surface area contributed by atoms with Crippen molar-refractivity contribution in [1.82, 2.24) is 4.90 Å². The summed E-state index contributed by atoms with van der Waals surface area (Å²) >= 11 is 3.53. The van der Waals surface area contributed by atoms with E-state index in [9.17, 15) is 4.79 Å². The summed E-state index contributed by atoms with van der Waals surface area (Å²) in [5.74, 6) is 0.935. The molecule has 144 valence electrons. The van der Waals surface area contributed by atoms with Crippen LogP contribution in [0.2, 0.25) is 0 Å². The highest BCUT2D eigenvalue weighted by Crippen LogP contribution is 2.50. The Morgan fingerprint density at radius 1 is 1.11 bits per heavy atom. The smallest absolute Gasteiger partial charge is 0.254 e. The van der Waals surface area contributed by atoms with E-state index in [0.717, 1.165) is 22.1 Å². The third-order valence-electron chi connectivity index (χ3n) is 6.14. The Balaban J connectivity index is 1.47. The van der Waals surface area contributed by atoms with Crippen molar-refractivity contribution in [3.05, 3.63) is 75.8 Å². The van der Waals surface area contributed by atoms with E-state index in [0.29, 0.717) is 38.1 Å². The second kappa shape index (κ2) is 7.37. The molecule has 28 heavy (non-hydrogen) atoms. The number of ether oxygens (including phenoxy) is 1. The van der Waals surface area contributed by atoms with Gasteiger partial charge in [0.1, 0.15) is 0 Å². The SMILES string of the molecule is O=C(c1ccc2c(c1)C1C=CCC1C(c1ccc(Br)cc1)N2)N1CCOCC1. The number of nitrogens with zero attached hydrogens (tertiary/aromatic N) is 1. The number of rotatable bonds is 2. The first-order chi connectivity index (χ1) is 13.7. The maximum atomic E-state index is 12.9. The first-order valence-corrected chi connectivity index (χ1v) is 10.7. The number of benzene rings is 2. The lowest BCUT2D eigenvalue weighted by atomic mass is 9.76. The largest absolute Gasteiger partial charge is 0.378 e. The summed E-state index contributed by atoms with van der Waals surface area (Å²) < 4.78 is 6.48. The van der Waals surface area contributed by atoms with Gasteiger partial charge in [0.2, 0.25) is 0 Å². The highest BCUT2D eigenvalue weighted by atomic mass is 79.9. The molecular weight excluding hydrogens is 416 g/mol. The number of allylic oxidation sites excluding steroid dienone is 2. The molecule has 0 aromatic heterocycles. The predicted octanol–water partition coefficient (Wildman–Crippen LogP) is 4.75. The first-order valence-electron chi connectivity index (χ1n) is 9.90. The fourth-order valence-corrected chi connectivity index (χ4v) is 4.94. The van der Waals surface area contributed by atoms with E-state index in [-0.39, 0.29) is 11.9 Å². The van der Waals surface area contributed by atoms with Crippen molar-refractivity contribution in [1.29, 1.82) is 0 Å². The van der Waals surface area contributed by atoms with Crippen LogP contribution in [-0.2, 0) is 4.74 Å². The van der Waals surface area contributed by atoms with Crippen LogP contribution in [0.1, 0.15) is 39.9 Å². The fourth-order valence-electron chi connectivity index (χ4n) is 4.68. The molecule has 3 unspecified atom stereocenters. The van der Waals surface area contributed by atoms with Crippen LogP contribution in [0.15, 0.2) is 59.1 Å². The van der Waals surface area contributed by atoms with Crippen LogP contribution < -0.4 is 5.32 Å². The van der Waals surface area contributed by atoms with Gasteiger partial charge in [0.15, 0.2) is 0 Å². The molecule has 1 N–H and O–H groups in total. The number of carbonyl (C=O) groups is 1. The number of amides is 1. The molecule has 5 rings (SSSR count). The van der Waals surface area contributed by atoms with Crippen LogP contribution in [0.3, 0.4) is 0 Å². The van der Waals surface area contributed by atoms with Gasteiger partial charge < -0.3 is 15.0 Å². The molecule has 2 aromatic carbocycles. The summed E-state index contributed by atoms with van der Waals surface area (Å²) in [6.07, 6.45) is 5.66. The van der Waals surface area contributed by atoms with Crippen LogP contribution >= 0.6 is 15.9 Å². The zero-order chi connectivity index (χ0) is 19.1. The lowest BCUT2D eigenvalue weighted by Gasteiger charge is -2.38. The van der Waals surface area contributed by atoms with Gasteiger partial charge >= 0.3 is 0 Å². The van der Waals surface area contributed by atoms with Crippen LogP contribution in [-0.4, -0.2) is 37.1 Å². The average molecular weight is 439 g/mol. The number of carbonyl (C=O) groups excluding carboxylic acids is 1. The summed E-state index contributed by atoms with van der Waals surface area (Å²) in [5, 5.41) is 3.75. The lowest BCUT2D eigenvalue weighted by molar-refractivity contribution is 0.0303. The van der Waals surface area contributed by atoms with Crippen molar-refractivity contribution in [3.8, 4) is 0 Å². The maximum absolute atomic E-state index is 12.9. The van der Waals surface area contributed by atoms with E-state index in [1.54, 1.807) is 0 Å². The molecule has 3 atom stereocenters. The molecule has 2 aromatic rings. The number of anilines is 1. The normalized spacial score (nSPS) is 25.8. The summed E-state index contributed by atoms with van der Waals surface area (Å²) in [6, 6.07) is 15.0. The van der Waals surface area contributed by atoms with Gasteiger partial charge in [-0.25, -0.2) is 0 Å². The van der Waals surface area contributed by atoms with Crippen LogP contribution in [0, 0.1) is 5.92 Å². The topological polar surface area (TPSA) is 41.6 Å². The van der Waals surface area contributed by atoms with Crippen molar-refractivity contribution in [2.45, 2.75) is 18.4 Å². The monoisotopic (exact) mass is 438 g/mol. The average Bonchev–Trinajstić information content (AvgIpc) is 3.24. The molecule has 1 fully saturated rings. The Labute approximate surface area is 173 Å². The van der Waals surface area contributed by atoms with Gasteiger partial charge in [0, 0.05) is 34.7 Å². The quantitative estimate of drug-likeness (QED) is 0.687. The summed E-state index contributed by atoms with van der Waals surface area (Å²) in [5.41, 5.74) is 4.47. The first kappa shape index (κ1) is 18.0. The zero-order valence-electron chi connectivity index (χ0n) is 15.6. The molecular formula is C23H23BrN2O2. The number of morpholine rings is 1. The number of nitrogens with one attached hydrogen (secondary N) is 1. The Morgan fingerprint density at radius 3 is 2.68 bits per heavy atom.